The second-order valence-corrected chi connectivity index (χ2v) is 14.5. The average Bonchev–Trinajstić information content (AvgIpc) is 3.72. The molecule has 0 bridgehead atoms. The molecule has 256 valence electrons. The van der Waals surface area contributed by atoms with Crippen molar-refractivity contribution in [1.29, 1.82) is 0 Å². The van der Waals surface area contributed by atoms with E-state index in [1.54, 1.807) is 18.3 Å². The summed E-state index contributed by atoms with van der Waals surface area (Å²) >= 11 is 0. The van der Waals surface area contributed by atoms with Crippen molar-refractivity contribution in [3.05, 3.63) is 138 Å². The average molecular weight is 684 g/mol. The van der Waals surface area contributed by atoms with E-state index < -0.39 is 5.82 Å². The van der Waals surface area contributed by atoms with E-state index in [4.69, 9.17) is 14.9 Å². The van der Waals surface area contributed by atoms with Gasteiger partial charge in [-0.25, -0.2) is 9.37 Å². The second kappa shape index (κ2) is 12.6. The Labute approximate surface area is 301 Å². The van der Waals surface area contributed by atoms with Gasteiger partial charge in [-0.2, -0.15) is 0 Å². The Morgan fingerprint density at radius 2 is 1.29 bits per heavy atom. The molecule has 0 fully saturated rings. The lowest BCUT2D eigenvalue weighted by molar-refractivity contribution is 0.444. The Balaban J connectivity index is 1.24. The van der Waals surface area contributed by atoms with E-state index in [1.807, 2.05) is 66.7 Å². The Hall–Kier alpha value is -6.08. The topological polar surface area (TPSA) is 57.2 Å². The van der Waals surface area contributed by atoms with Gasteiger partial charge >= 0.3 is 0 Å². The molecule has 9 aromatic rings. The van der Waals surface area contributed by atoms with Crippen molar-refractivity contribution in [1.82, 2.24) is 24.1 Å². The van der Waals surface area contributed by atoms with Gasteiger partial charge in [-0.1, -0.05) is 88.4 Å². The second-order valence-electron chi connectivity index (χ2n) is 14.5. The molecule has 0 N–H and O–H groups in total. The number of hydrogen-bond donors (Lipinski definition) is 0. The number of halogens is 1. The van der Waals surface area contributed by atoms with Crippen molar-refractivity contribution in [2.75, 3.05) is 0 Å². The SMILES string of the molecule is CC(C)Cc1cccc(CC(C)C)c1-c1nnc2c3cc(Oc4ccc5c6ccccc6n(-c6ccccn6)c5c4)c(F)cc3c3ccccc3n12. The minimum atomic E-state index is -0.450. The van der Waals surface area contributed by atoms with Gasteiger partial charge in [0, 0.05) is 39.4 Å². The van der Waals surface area contributed by atoms with Crippen molar-refractivity contribution >= 4 is 49.1 Å². The lowest BCUT2D eigenvalue weighted by atomic mass is 9.90. The van der Waals surface area contributed by atoms with Crippen LogP contribution in [0.3, 0.4) is 0 Å². The molecule has 0 spiro atoms. The number of benzene rings is 5. The van der Waals surface area contributed by atoms with E-state index in [-0.39, 0.29) is 5.75 Å². The molecule has 0 unspecified atom stereocenters. The molecule has 0 amide bonds. The van der Waals surface area contributed by atoms with Gasteiger partial charge in [0.05, 0.1) is 16.6 Å². The fourth-order valence-corrected chi connectivity index (χ4v) is 7.82. The zero-order valence-corrected chi connectivity index (χ0v) is 29.6. The number of hydrogen-bond acceptors (Lipinski definition) is 4. The zero-order chi connectivity index (χ0) is 35.5. The smallest absolute Gasteiger partial charge is 0.169 e. The molecule has 0 saturated heterocycles. The molecule has 5 aromatic carbocycles. The van der Waals surface area contributed by atoms with Crippen LogP contribution in [0.1, 0.15) is 38.8 Å². The lowest BCUT2D eigenvalue weighted by Gasteiger charge is -2.18. The first-order valence-corrected chi connectivity index (χ1v) is 18.0. The maximum absolute atomic E-state index is 16.2. The number of fused-ring (bicyclic) bond motifs is 9. The van der Waals surface area contributed by atoms with Crippen LogP contribution in [0.25, 0.3) is 66.3 Å². The zero-order valence-electron chi connectivity index (χ0n) is 29.6. The van der Waals surface area contributed by atoms with Gasteiger partial charge in [0.2, 0.25) is 0 Å². The summed E-state index contributed by atoms with van der Waals surface area (Å²) in [4.78, 5) is 4.65. The van der Waals surface area contributed by atoms with Crippen LogP contribution in [0, 0.1) is 17.7 Å². The molecular formula is C45H38FN5O. The van der Waals surface area contributed by atoms with Crippen molar-refractivity contribution in [3.8, 4) is 28.7 Å². The maximum Gasteiger partial charge on any atom is 0.169 e. The van der Waals surface area contributed by atoms with Gasteiger partial charge in [0.1, 0.15) is 11.6 Å². The molecule has 0 atom stereocenters. The van der Waals surface area contributed by atoms with Gasteiger partial charge in [-0.3, -0.25) is 8.97 Å². The van der Waals surface area contributed by atoms with E-state index in [0.29, 0.717) is 23.2 Å². The highest BCUT2D eigenvalue weighted by Gasteiger charge is 2.23. The predicted molar refractivity (Wildman–Crippen MR) is 209 cm³/mol. The molecule has 0 aliphatic rings. The Kier molecular flexibility index (Phi) is 7.72. The molecule has 0 aliphatic heterocycles. The van der Waals surface area contributed by atoms with Gasteiger partial charge in [0.25, 0.3) is 0 Å². The monoisotopic (exact) mass is 683 g/mol. The van der Waals surface area contributed by atoms with Crippen molar-refractivity contribution in [3.63, 3.8) is 0 Å². The van der Waals surface area contributed by atoms with Crippen molar-refractivity contribution < 1.29 is 9.13 Å². The molecule has 4 heterocycles. The summed E-state index contributed by atoms with van der Waals surface area (Å²) in [5, 5.41) is 14.3. The summed E-state index contributed by atoms with van der Waals surface area (Å²) in [6.07, 6.45) is 3.64. The molecule has 52 heavy (non-hydrogen) atoms. The first-order chi connectivity index (χ1) is 25.4. The van der Waals surface area contributed by atoms with E-state index >= 15 is 4.39 Å². The number of aromatic nitrogens is 5. The number of para-hydroxylation sites is 2. The number of pyridine rings is 2. The molecule has 0 radical (unpaired) electrons. The Bertz CT molecular complexity index is 2770. The van der Waals surface area contributed by atoms with Crippen LogP contribution in [0.4, 0.5) is 4.39 Å². The molecular weight excluding hydrogens is 646 g/mol. The third-order valence-corrected chi connectivity index (χ3v) is 9.88. The standard InChI is InChI=1S/C45H38FN5O/c1-27(2)22-29-12-11-13-30(23-28(3)4)43(29)45-49-48-44-36-26-41(37(46)25-35(36)33-15-6-8-17-39(33)51(44)45)52-31-19-20-34-32-14-5-7-16-38(32)50(40(34)24-31)42-18-9-10-21-47-42/h5-21,24-28H,22-23H2,1-4H3. The van der Waals surface area contributed by atoms with Gasteiger partial charge in [-0.15, -0.1) is 10.2 Å². The third kappa shape index (κ3) is 5.27. The van der Waals surface area contributed by atoms with Gasteiger partial charge < -0.3 is 4.74 Å². The van der Waals surface area contributed by atoms with E-state index in [9.17, 15) is 0 Å². The van der Waals surface area contributed by atoms with Gasteiger partial charge in [0.15, 0.2) is 23.0 Å². The van der Waals surface area contributed by atoms with Crippen LogP contribution < -0.4 is 4.74 Å². The summed E-state index contributed by atoms with van der Waals surface area (Å²) < 4.78 is 26.9. The van der Waals surface area contributed by atoms with Crippen LogP contribution in [0.2, 0.25) is 0 Å². The summed E-state index contributed by atoms with van der Waals surface area (Å²) in [6, 6.07) is 38.1. The van der Waals surface area contributed by atoms with Crippen LogP contribution in [-0.4, -0.2) is 24.1 Å². The Morgan fingerprint density at radius 1 is 0.615 bits per heavy atom. The minimum absolute atomic E-state index is 0.120. The van der Waals surface area contributed by atoms with Gasteiger partial charge in [-0.05, 0) is 89.7 Å². The predicted octanol–water partition coefficient (Wildman–Crippen LogP) is 11.5. The van der Waals surface area contributed by atoms with E-state index in [2.05, 4.69) is 78.0 Å². The quantitative estimate of drug-likeness (QED) is 0.150. The fourth-order valence-electron chi connectivity index (χ4n) is 7.82. The normalized spacial score (nSPS) is 12.1. The fraction of sp³-hybridized carbons (Fsp3) is 0.178. The molecule has 0 saturated carbocycles. The van der Waals surface area contributed by atoms with Crippen LogP contribution in [-0.2, 0) is 12.8 Å². The molecule has 0 aliphatic carbocycles. The van der Waals surface area contributed by atoms with Crippen LogP contribution >= 0.6 is 0 Å². The first-order valence-electron chi connectivity index (χ1n) is 18.0. The summed E-state index contributed by atoms with van der Waals surface area (Å²) in [6.45, 7) is 8.98. The minimum Gasteiger partial charge on any atom is -0.454 e. The highest BCUT2D eigenvalue weighted by molar-refractivity contribution is 6.13. The van der Waals surface area contributed by atoms with E-state index in [0.717, 1.165) is 73.5 Å². The summed E-state index contributed by atoms with van der Waals surface area (Å²) in [7, 11) is 0. The largest absolute Gasteiger partial charge is 0.454 e. The van der Waals surface area contributed by atoms with Crippen LogP contribution in [0.15, 0.2) is 121 Å². The Morgan fingerprint density at radius 3 is 2.00 bits per heavy atom. The number of nitrogens with zero attached hydrogens (tertiary/aromatic N) is 5. The van der Waals surface area contributed by atoms with Crippen molar-refractivity contribution in [2.24, 2.45) is 11.8 Å². The summed E-state index contributed by atoms with van der Waals surface area (Å²) in [5.74, 6) is 2.73. The highest BCUT2D eigenvalue weighted by atomic mass is 19.1. The van der Waals surface area contributed by atoms with Crippen LogP contribution in [0.5, 0.6) is 11.5 Å². The third-order valence-electron chi connectivity index (χ3n) is 9.88. The number of ether oxygens (including phenoxy) is 1. The molecule has 9 rings (SSSR count). The molecule has 7 heteroatoms. The number of rotatable bonds is 8. The summed E-state index contributed by atoms with van der Waals surface area (Å²) in [5.41, 5.74) is 7.20. The first kappa shape index (κ1) is 31.9. The van der Waals surface area contributed by atoms with E-state index in [1.165, 1.54) is 11.1 Å². The molecule has 6 nitrogen and oxygen atoms in total. The maximum atomic E-state index is 16.2. The lowest BCUT2D eigenvalue weighted by Crippen LogP contribution is -2.05. The molecule has 4 aromatic heterocycles. The highest BCUT2D eigenvalue weighted by Crippen LogP contribution is 2.40. The van der Waals surface area contributed by atoms with Crippen molar-refractivity contribution in [2.45, 2.75) is 40.5 Å².